The lowest BCUT2D eigenvalue weighted by Crippen LogP contribution is -2.32. The highest BCUT2D eigenvalue weighted by atomic mass is 16.5. The lowest BCUT2D eigenvalue weighted by atomic mass is 9.97. The Labute approximate surface area is 109 Å². The van der Waals surface area contributed by atoms with Crippen molar-refractivity contribution in [2.45, 2.75) is 39.8 Å². The van der Waals surface area contributed by atoms with Crippen molar-refractivity contribution in [3.05, 3.63) is 29.3 Å². The first kappa shape index (κ1) is 16.4. The molecule has 1 aliphatic heterocycles. The molecule has 1 heterocycles. The van der Waals surface area contributed by atoms with Gasteiger partial charge in [0.05, 0.1) is 7.11 Å². The SMILES string of the molecule is CC.CC1Cc2ccc(O)cc2CN1.COC=O. The van der Waals surface area contributed by atoms with E-state index in [0.717, 1.165) is 13.0 Å². The molecule has 18 heavy (non-hydrogen) atoms. The Morgan fingerprint density at radius 1 is 1.39 bits per heavy atom. The standard InChI is InChI=1S/C10H13NO.C2H4O2.C2H6/c1-7-4-8-2-3-10(12)5-9(8)6-11-7;1-4-2-3;1-2/h2-3,5,7,11-12H,4,6H2,1H3;2H,1H3;1-2H3. The summed E-state index contributed by atoms with van der Waals surface area (Å²) in [5.41, 5.74) is 2.59. The van der Waals surface area contributed by atoms with Gasteiger partial charge in [0, 0.05) is 12.6 Å². The second kappa shape index (κ2) is 9.48. The third kappa shape index (κ3) is 5.68. The fourth-order valence-electron chi connectivity index (χ4n) is 1.66. The minimum atomic E-state index is 0.366. The normalized spacial score (nSPS) is 16.1. The first-order valence-electron chi connectivity index (χ1n) is 6.18. The van der Waals surface area contributed by atoms with Gasteiger partial charge in [-0.3, -0.25) is 4.79 Å². The number of hydrogen-bond acceptors (Lipinski definition) is 4. The van der Waals surface area contributed by atoms with Crippen LogP contribution in [0.1, 0.15) is 31.9 Å². The van der Waals surface area contributed by atoms with Gasteiger partial charge in [-0.15, -0.1) is 0 Å². The molecule has 1 aromatic rings. The number of hydrogen-bond donors (Lipinski definition) is 2. The summed E-state index contributed by atoms with van der Waals surface area (Å²) in [6.45, 7) is 7.43. The zero-order chi connectivity index (χ0) is 14.0. The minimum Gasteiger partial charge on any atom is -0.508 e. The van der Waals surface area contributed by atoms with Crippen LogP contribution < -0.4 is 5.32 Å². The highest BCUT2D eigenvalue weighted by Gasteiger charge is 2.13. The first-order chi connectivity index (χ1) is 8.67. The molecule has 1 unspecified atom stereocenters. The molecule has 2 rings (SSSR count). The predicted octanol–water partition coefficient (Wildman–Crippen LogP) is 2.24. The van der Waals surface area contributed by atoms with Gasteiger partial charge in [0.2, 0.25) is 0 Å². The van der Waals surface area contributed by atoms with Gasteiger partial charge < -0.3 is 15.2 Å². The molecule has 0 saturated carbocycles. The Kier molecular flexibility index (Phi) is 8.66. The van der Waals surface area contributed by atoms with Crippen LogP contribution in [0.2, 0.25) is 0 Å². The number of aromatic hydroxyl groups is 1. The van der Waals surface area contributed by atoms with Gasteiger partial charge >= 0.3 is 0 Å². The summed E-state index contributed by atoms with van der Waals surface area (Å²) in [6, 6.07) is 6.18. The molecule has 0 bridgehead atoms. The Balaban J connectivity index is 0.000000415. The number of carbonyl (C=O) groups is 1. The molecule has 0 amide bonds. The molecular formula is C14H23NO3. The Morgan fingerprint density at radius 2 is 2.00 bits per heavy atom. The van der Waals surface area contributed by atoms with Crippen molar-refractivity contribution in [2.24, 2.45) is 0 Å². The largest absolute Gasteiger partial charge is 0.508 e. The Hall–Kier alpha value is -1.55. The average Bonchev–Trinajstić information content (AvgIpc) is 2.42. The molecule has 0 spiro atoms. The van der Waals surface area contributed by atoms with Crippen LogP contribution in [-0.4, -0.2) is 24.7 Å². The van der Waals surface area contributed by atoms with Crippen LogP contribution in [0.5, 0.6) is 5.75 Å². The van der Waals surface area contributed by atoms with E-state index in [1.165, 1.54) is 18.2 Å². The van der Waals surface area contributed by atoms with Crippen molar-refractivity contribution < 1.29 is 14.6 Å². The van der Waals surface area contributed by atoms with Gasteiger partial charge in [0.15, 0.2) is 0 Å². The molecule has 0 radical (unpaired) electrons. The molecule has 0 saturated heterocycles. The van der Waals surface area contributed by atoms with E-state index in [1.54, 1.807) is 6.07 Å². The summed E-state index contributed by atoms with van der Waals surface area (Å²) in [6.07, 6.45) is 1.07. The first-order valence-corrected chi connectivity index (χ1v) is 6.18. The van der Waals surface area contributed by atoms with Crippen molar-refractivity contribution in [2.75, 3.05) is 7.11 Å². The molecule has 1 aromatic carbocycles. The van der Waals surface area contributed by atoms with Crippen molar-refractivity contribution in [1.29, 1.82) is 0 Å². The third-order valence-corrected chi connectivity index (χ3v) is 2.45. The van der Waals surface area contributed by atoms with Gasteiger partial charge in [0.1, 0.15) is 5.75 Å². The maximum Gasteiger partial charge on any atom is 0.292 e. The van der Waals surface area contributed by atoms with E-state index >= 15 is 0 Å². The number of nitrogens with one attached hydrogen (secondary N) is 1. The summed E-state index contributed by atoms with van der Waals surface area (Å²) in [5, 5.41) is 12.6. The van der Waals surface area contributed by atoms with Gasteiger partial charge in [-0.05, 0) is 36.6 Å². The number of methoxy groups -OCH3 is 1. The Morgan fingerprint density at radius 3 is 2.56 bits per heavy atom. The minimum absolute atomic E-state index is 0.366. The summed E-state index contributed by atoms with van der Waals surface area (Å²) in [4.78, 5) is 8.95. The number of rotatable bonds is 1. The quantitative estimate of drug-likeness (QED) is 0.754. The zero-order valence-electron chi connectivity index (χ0n) is 11.6. The van der Waals surface area contributed by atoms with Crippen LogP contribution in [0.25, 0.3) is 0 Å². The third-order valence-electron chi connectivity index (χ3n) is 2.45. The van der Waals surface area contributed by atoms with E-state index in [4.69, 9.17) is 4.79 Å². The zero-order valence-corrected chi connectivity index (χ0v) is 11.6. The van der Waals surface area contributed by atoms with Gasteiger partial charge in [0.25, 0.3) is 6.47 Å². The van der Waals surface area contributed by atoms with Gasteiger partial charge in [-0.1, -0.05) is 19.9 Å². The molecule has 0 aliphatic carbocycles. The van der Waals surface area contributed by atoms with E-state index in [0.29, 0.717) is 18.3 Å². The van der Waals surface area contributed by atoms with Gasteiger partial charge in [-0.25, -0.2) is 0 Å². The molecule has 2 N–H and O–H groups in total. The lowest BCUT2D eigenvalue weighted by molar-refractivity contribution is -0.126. The lowest BCUT2D eigenvalue weighted by Gasteiger charge is -2.22. The van der Waals surface area contributed by atoms with Crippen LogP contribution in [0.15, 0.2) is 18.2 Å². The van der Waals surface area contributed by atoms with E-state index in [-0.39, 0.29) is 0 Å². The number of phenolic OH excluding ortho intramolecular Hbond substituents is 1. The highest BCUT2D eigenvalue weighted by Crippen LogP contribution is 2.20. The maximum atomic E-state index is 9.23. The van der Waals surface area contributed by atoms with E-state index in [9.17, 15) is 5.11 Å². The fraction of sp³-hybridized carbons (Fsp3) is 0.500. The van der Waals surface area contributed by atoms with Gasteiger partial charge in [-0.2, -0.15) is 0 Å². The Bertz CT molecular complexity index is 353. The van der Waals surface area contributed by atoms with E-state index < -0.39 is 0 Å². The summed E-state index contributed by atoms with van der Waals surface area (Å²) in [7, 11) is 1.31. The number of phenols is 1. The molecule has 4 nitrogen and oxygen atoms in total. The number of carbonyl (C=O) groups excluding carboxylic acids is 1. The molecule has 0 fully saturated rings. The number of ether oxygens (including phenoxy) is 1. The maximum absolute atomic E-state index is 9.23. The molecule has 1 aliphatic rings. The summed E-state index contributed by atoms with van der Waals surface area (Å²) >= 11 is 0. The molecular weight excluding hydrogens is 230 g/mol. The summed E-state index contributed by atoms with van der Waals surface area (Å²) < 4.78 is 3.86. The van der Waals surface area contributed by atoms with Crippen LogP contribution in [0.4, 0.5) is 0 Å². The molecule has 102 valence electrons. The van der Waals surface area contributed by atoms with E-state index in [2.05, 4.69) is 17.0 Å². The fourth-order valence-corrected chi connectivity index (χ4v) is 1.66. The highest BCUT2D eigenvalue weighted by molar-refractivity contribution is 5.36. The second-order valence-electron chi connectivity index (χ2n) is 3.77. The van der Waals surface area contributed by atoms with Crippen molar-refractivity contribution in [3.8, 4) is 5.75 Å². The average molecular weight is 253 g/mol. The molecule has 0 aromatic heterocycles. The molecule has 1 atom stereocenters. The number of fused-ring (bicyclic) bond motifs is 1. The van der Waals surface area contributed by atoms with E-state index in [1.807, 2.05) is 26.0 Å². The summed E-state index contributed by atoms with van der Waals surface area (Å²) in [5.74, 6) is 0.366. The topological polar surface area (TPSA) is 58.6 Å². The van der Waals surface area contributed by atoms with Crippen molar-refractivity contribution >= 4 is 6.47 Å². The predicted molar refractivity (Wildman–Crippen MR) is 72.5 cm³/mol. The van der Waals surface area contributed by atoms with Crippen LogP contribution in [-0.2, 0) is 22.5 Å². The van der Waals surface area contributed by atoms with Crippen molar-refractivity contribution in [1.82, 2.24) is 5.32 Å². The smallest absolute Gasteiger partial charge is 0.292 e. The molecule has 4 heteroatoms. The second-order valence-corrected chi connectivity index (χ2v) is 3.77. The number of benzene rings is 1. The van der Waals surface area contributed by atoms with Crippen molar-refractivity contribution in [3.63, 3.8) is 0 Å². The monoisotopic (exact) mass is 253 g/mol. The van der Waals surface area contributed by atoms with Crippen LogP contribution in [0, 0.1) is 0 Å². The van der Waals surface area contributed by atoms with Crippen LogP contribution in [0.3, 0.4) is 0 Å². The van der Waals surface area contributed by atoms with Crippen LogP contribution >= 0.6 is 0 Å².